The van der Waals surface area contributed by atoms with Crippen molar-refractivity contribution < 1.29 is 9.53 Å². The highest BCUT2D eigenvalue weighted by molar-refractivity contribution is 6.30. The highest BCUT2D eigenvalue weighted by Gasteiger charge is 2.16. The van der Waals surface area contributed by atoms with E-state index in [2.05, 4.69) is 16.0 Å². The molecule has 5 heteroatoms. The smallest absolute Gasteiger partial charge is 0.214 e. The predicted molar refractivity (Wildman–Crippen MR) is 93.8 cm³/mol. The summed E-state index contributed by atoms with van der Waals surface area (Å²) in [5, 5.41) is 0.607. The molecule has 1 aliphatic rings. The molecule has 4 nitrogen and oxygen atoms in total. The van der Waals surface area contributed by atoms with E-state index < -0.39 is 0 Å². The first-order valence-electron chi connectivity index (χ1n) is 8.08. The maximum atomic E-state index is 10.6. The molecule has 0 saturated heterocycles. The third-order valence-electron chi connectivity index (χ3n) is 4.16. The lowest BCUT2D eigenvalue weighted by molar-refractivity contribution is -0.108. The van der Waals surface area contributed by atoms with Gasteiger partial charge in [-0.25, -0.2) is 4.98 Å². The largest absolute Gasteiger partial charge is 0.471 e. The first-order chi connectivity index (χ1) is 11.7. The van der Waals surface area contributed by atoms with Crippen LogP contribution in [0.25, 0.3) is 5.57 Å². The topological polar surface area (TPSA) is 52.1 Å². The van der Waals surface area contributed by atoms with Crippen LogP contribution in [0.15, 0.2) is 42.6 Å². The number of aromatic nitrogens is 2. The molecular weight excluding hydrogens is 324 g/mol. The van der Waals surface area contributed by atoms with Gasteiger partial charge < -0.3 is 9.53 Å². The highest BCUT2D eigenvalue weighted by atomic mass is 35.5. The van der Waals surface area contributed by atoms with E-state index in [0.29, 0.717) is 29.8 Å². The molecule has 1 aliphatic carbocycles. The Morgan fingerprint density at radius 3 is 2.92 bits per heavy atom. The maximum Gasteiger partial charge on any atom is 0.214 e. The fourth-order valence-electron chi connectivity index (χ4n) is 2.79. The number of halogens is 1. The molecule has 2 aromatic heterocycles. The second-order valence-corrected chi connectivity index (χ2v) is 6.33. The van der Waals surface area contributed by atoms with Gasteiger partial charge in [0.2, 0.25) is 5.88 Å². The Kier molecular flexibility index (Phi) is 5.59. The van der Waals surface area contributed by atoms with Crippen LogP contribution in [0, 0.1) is 5.92 Å². The Morgan fingerprint density at radius 1 is 1.29 bits per heavy atom. The summed E-state index contributed by atoms with van der Waals surface area (Å²) in [7, 11) is 0. The fourth-order valence-corrected chi connectivity index (χ4v) is 2.90. The van der Waals surface area contributed by atoms with Gasteiger partial charge in [0, 0.05) is 18.7 Å². The van der Waals surface area contributed by atoms with Crippen molar-refractivity contribution in [3.63, 3.8) is 0 Å². The van der Waals surface area contributed by atoms with Crippen LogP contribution in [-0.4, -0.2) is 16.3 Å². The van der Waals surface area contributed by atoms with E-state index in [1.807, 2.05) is 24.3 Å². The molecule has 124 valence electrons. The quantitative estimate of drug-likeness (QED) is 0.726. The van der Waals surface area contributed by atoms with Crippen molar-refractivity contribution in [3.05, 3.63) is 59.0 Å². The molecule has 0 N–H and O–H groups in total. The van der Waals surface area contributed by atoms with Crippen LogP contribution in [0.5, 0.6) is 5.88 Å². The van der Waals surface area contributed by atoms with Crippen LogP contribution < -0.4 is 4.74 Å². The summed E-state index contributed by atoms with van der Waals surface area (Å²) in [6.45, 7) is 0.355. The zero-order valence-corrected chi connectivity index (χ0v) is 14.1. The summed E-state index contributed by atoms with van der Waals surface area (Å²) in [4.78, 5) is 19.4. The number of pyridine rings is 2. The number of rotatable bonds is 6. The lowest BCUT2D eigenvalue weighted by atomic mass is 9.86. The summed E-state index contributed by atoms with van der Waals surface area (Å²) >= 11 is 5.82. The first-order valence-corrected chi connectivity index (χ1v) is 8.45. The van der Waals surface area contributed by atoms with Crippen LogP contribution in [0.1, 0.15) is 37.1 Å². The Morgan fingerprint density at radius 2 is 2.21 bits per heavy atom. The van der Waals surface area contributed by atoms with E-state index in [4.69, 9.17) is 16.3 Å². The van der Waals surface area contributed by atoms with Gasteiger partial charge in [0.25, 0.3) is 0 Å². The zero-order chi connectivity index (χ0) is 16.8. The number of hydrogen-bond acceptors (Lipinski definition) is 4. The minimum atomic E-state index is 0.355. The lowest BCUT2D eigenvalue weighted by Gasteiger charge is -2.20. The number of nitrogens with zero attached hydrogens (tertiary/aromatic N) is 2. The molecule has 0 bridgehead atoms. The van der Waals surface area contributed by atoms with Crippen molar-refractivity contribution in [1.82, 2.24) is 9.97 Å². The van der Waals surface area contributed by atoms with Crippen LogP contribution in [0.3, 0.4) is 0 Å². The predicted octanol–water partition coefficient (Wildman–Crippen LogP) is 4.48. The first kappa shape index (κ1) is 16.7. The third-order valence-corrected chi connectivity index (χ3v) is 4.38. The van der Waals surface area contributed by atoms with Gasteiger partial charge in [0.1, 0.15) is 12.9 Å². The number of carbonyl (C=O) groups is 1. The number of aldehydes is 1. The molecule has 24 heavy (non-hydrogen) atoms. The standard InChI is InChI=1S/C19H19ClN2O2/c20-16-8-9-17(21-12-16)13-24-19-3-1-2-18(22-19)15-6-4-14(5-7-15)10-11-23/h1-3,6,8-9,11-12,14H,4-5,7,10,13H2. The molecule has 0 spiro atoms. The average Bonchev–Trinajstić information content (AvgIpc) is 2.62. The zero-order valence-electron chi connectivity index (χ0n) is 13.3. The molecule has 0 fully saturated rings. The van der Waals surface area contributed by atoms with Crippen LogP contribution in [0.2, 0.25) is 5.02 Å². The minimum absolute atomic E-state index is 0.355. The monoisotopic (exact) mass is 342 g/mol. The van der Waals surface area contributed by atoms with Crippen LogP contribution in [0.4, 0.5) is 0 Å². The Labute approximate surface area is 146 Å². The number of carbonyl (C=O) groups excluding carboxylic acids is 1. The van der Waals surface area contributed by atoms with Gasteiger partial charge in [-0.2, -0.15) is 0 Å². The fraction of sp³-hybridized carbons (Fsp3) is 0.316. The van der Waals surface area contributed by atoms with Crippen molar-refractivity contribution in [1.29, 1.82) is 0 Å². The van der Waals surface area contributed by atoms with Crippen LogP contribution in [-0.2, 0) is 11.4 Å². The number of ether oxygens (including phenoxy) is 1. The van der Waals surface area contributed by atoms with Gasteiger partial charge in [-0.05, 0) is 49.0 Å². The Balaban J connectivity index is 1.64. The van der Waals surface area contributed by atoms with Gasteiger partial charge in [-0.1, -0.05) is 23.7 Å². The number of hydrogen-bond donors (Lipinski definition) is 0. The molecule has 0 aliphatic heterocycles. The highest BCUT2D eigenvalue weighted by Crippen LogP contribution is 2.31. The van der Waals surface area contributed by atoms with Gasteiger partial charge in [0.15, 0.2) is 0 Å². The summed E-state index contributed by atoms with van der Waals surface area (Å²) in [6, 6.07) is 9.42. The summed E-state index contributed by atoms with van der Waals surface area (Å²) in [5.41, 5.74) is 2.98. The van der Waals surface area contributed by atoms with Crippen molar-refractivity contribution in [3.8, 4) is 5.88 Å². The van der Waals surface area contributed by atoms with Crippen molar-refractivity contribution in [2.75, 3.05) is 0 Å². The molecular formula is C19H19ClN2O2. The van der Waals surface area contributed by atoms with E-state index in [0.717, 1.165) is 36.9 Å². The third kappa shape index (κ3) is 4.42. The summed E-state index contributed by atoms with van der Waals surface area (Å²) in [5.74, 6) is 1.06. The molecule has 3 rings (SSSR count). The minimum Gasteiger partial charge on any atom is -0.471 e. The van der Waals surface area contributed by atoms with E-state index in [1.54, 1.807) is 12.3 Å². The van der Waals surface area contributed by atoms with E-state index in [1.165, 1.54) is 5.57 Å². The average molecular weight is 343 g/mol. The molecule has 0 radical (unpaired) electrons. The molecule has 0 aromatic carbocycles. The van der Waals surface area contributed by atoms with Gasteiger partial charge in [0.05, 0.1) is 16.4 Å². The van der Waals surface area contributed by atoms with Crippen molar-refractivity contribution >= 4 is 23.5 Å². The summed E-state index contributed by atoms with van der Waals surface area (Å²) < 4.78 is 5.73. The lowest BCUT2D eigenvalue weighted by Crippen LogP contribution is -2.07. The SMILES string of the molecule is O=CCC1CC=C(c2cccc(OCc3ccc(Cl)cn3)n2)CC1. The van der Waals surface area contributed by atoms with Gasteiger partial charge >= 0.3 is 0 Å². The normalized spacial score (nSPS) is 17.2. The molecule has 0 saturated carbocycles. The Bertz CT molecular complexity index is 728. The summed E-state index contributed by atoms with van der Waals surface area (Å²) in [6.07, 6.45) is 8.39. The second-order valence-electron chi connectivity index (χ2n) is 5.89. The van der Waals surface area contributed by atoms with E-state index in [-0.39, 0.29) is 0 Å². The Hall–Kier alpha value is -2.20. The van der Waals surface area contributed by atoms with Crippen molar-refractivity contribution in [2.45, 2.75) is 32.3 Å². The van der Waals surface area contributed by atoms with Crippen LogP contribution >= 0.6 is 11.6 Å². The van der Waals surface area contributed by atoms with Gasteiger partial charge in [-0.15, -0.1) is 0 Å². The maximum absolute atomic E-state index is 10.6. The van der Waals surface area contributed by atoms with Crippen molar-refractivity contribution in [2.24, 2.45) is 5.92 Å². The molecule has 2 heterocycles. The molecule has 1 atom stereocenters. The molecule has 2 aromatic rings. The van der Waals surface area contributed by atoms with E-state index in [9.17, 15) is 4.79 Å². The second kappa shape index (κ2) is 8.06. The molecule has 0 amide bonds. The van der Waals surface area contributed by atoms with E-state index >= 15 is 0 Å². The van der Waals surface area contributed by atoms with Gasteiger partial charge in [-0.3, -0.25) is 4.98 Å². The number of allylic oxidation sites excluding steroid dienone is 2. The molecule has 1 unspecified atom stereocenters.